The van der Waals surface area contributed by atoms with E-state index < -0.39 is 5.41 Å². The molecule has 0 spiro atoms. The molecular formula is C8H11BN2O. The van der Waals surface area contributed by atoms with Crippen molar-refractivity contribution in [3.63, 3.8) is 0 Å². The normalized spacial score (nSPS) is 11.6. The van der Waals surface area contributed by atoms with Gasteiger partial charge in [0.05, 0.1) is 6.61 Å². The van der Waals surface area contributed by atoms with Gasteiger partial charge >= 0.3 is 0 Å². The van der Waals surface area contributed by atoms with E-state index in [0.717, 1.165) is 0 Å². The van der Waals surface area contributed by atoms with E-state index in [9.17, 15) is 0 Å². The molecule has 1 aromatic rings. The van der Waals surface area contributed by atoms with Crippen molar-refractivity contribution in [1.82, 2.24) is 9.97 Å². The van der Waals surface area contributed by atoms with E-state index in [1.807, 2.05) is 13.8 Å². The summed E-state index contributed by atoms with van der Waals surface area (Å²) in [5.74, 6) is 0.610. The average molecular weight is 162 g/mol. The maximum atomic E-state index is 9.01. The fourth-order valence-electron chi connectivity index (χ4n) is 0.758. The van der Waals surface area contributed by atoms with E-state index in [2.05, 4.69) is 9.97 Å². The van der Waals surface area contributed by atoms with Gasteiger partial charge in [-0.3, -0.25) is 0 Å². The summed E-state index contributed by atoms with van der Waals surface area (Å²) in [5, 5.41) is 9.01. The van der Waals surface area contributed by atoms with E-state index in [4.69, 9.17) is 13.0 Å². The second-order valence-electron chi connectivity index (χ2n) is 3.38. The minimum atomic E-state index is -0.395. The van der Waals surface area contributed by atoms with Crippen molar-refractivity contribution in [3.05, 3.63) is 18.2 Å². The molecule has 1 aromatic heterocycles. The van der Waals surface area contributed by atoms with Crippen molar-refractivity contribution in [2.24, 2.45) is 0 Å². The topological polar surface area (TPSA) is 46.0 Å². The molecule has 0 atom stereocenters. The Morgan fingerprint density at radius 3 is 2.33 bits per heavy atom. The van der Waals surface area contributed by atoms with Crippen LogP contribution in [0.4, 0.5) is 0 Å². The molecule has 0 aliphatic carbocycles. The molecule has 0 fully saturated rings. The highest BCUT2D eigenvalue weighted by Crippen LogP contribution is 2.16. The lowest BCUT2D eigenvalue weighted by molar-refractivity contribution is 0.211. The average Bonchev–Trinajstić information content (AvgIpc) is 2.05. The standard InChI is InChI=1S/C8H11BN2O/c1-8(2,5-12)7-10-3-6(9)4-11-7/h3-4,12H,5H2,1-2H3. The van der Waals surface area contributed by atoms with Crippen LogP contribution in [-0.2, 0) is 5.41 Å². The van der Waals surface area contributed by atoms with Crippen LogP contribution < -0.4 is 5.46 Å². The van der Waals surface area contributed by atoms with Crippen molar-refractivity contribution in [3.8, 4) is 0 Å². The largest absolute Gasteiger partial charge is 0.395 e. The van der Waals surface area contributed by atoms with E-state index in [1.54, 1.807) is 12.4 Å². The quantitative estimate of drug-likeness (QED) is 0.598. The van der Waals surface area contributed by atoms with Crippen molar-refractivity contribution < 1.29 is 5.11 Å². The molecule has 0 aliphatic heterocycles. The predicted molar refractivity (Wildman–Crippen MR) is 47.5 cm³/mol. The lowest BCUT2D eigenvalue weighted by Gasteiger charge is -2.19. The molecule has 1 N–H and O–H groups in total. The lowest BCUT2D eigenvalue weighted by Crippen LogP contribution is -2.26. The van der Waals surface area contributed by atoms with Gasteiger partial charge in [0.1, 0.15) is 13.7 Å². The molecule has 0 saturated carbocycles. The molecule has 0 saturated heterocycles. The van der Waals surface area contributed by atoms with Crippen LogP contribution in [-0.4, -0.2) is 29.5 Å². The highest BCUT2D eigenvalue weighted by molar-refractivity contribution is 6.31. The maximum Gasteiger partial charge on any atom is 0.136 e. The van der Waals surface area contributed by atoms with E-state index in [-0.39, 0.29) is 6.61 Å². The number of hydrogen-bond donors (Lipinski definition) is 1. The smallest absolute Gasteiger partial charge is 0.136 e. The fourth-order valence-corrected chi connectivity index (χ4v) is 0.758. The molecule has 1 rings (SSSR count). The Kier molecular flexibility index (Phi) is 2.47. The number of aliphatic hydroxyl groups is 1. The van der Waals surface area contributed by atoms with Gasteiger partial charge in [-0.05, 0) is 0 Å². The minimum Gasteiger partial charge on any atom is -0.395 e. The molecule has 62 valence electrons. The van der Waals surface area contributed by atoms with Crippen LogP contribution in [0.2, 0.25) is 0 Å². The van der Waals surface area contributed by atoms with E-state index >= 15 is 0 Å². The Morgan fingerprint density at radius 2 is 1.92 bits per heavy atom. The Hall–Kier alpha value is -0.895. The summed E-state index contributed by atoms with van der Waals surface area (Å²) < 4.78 is 0. The highest BCUT2D eigenvalue weighted by Gasteiger charge is 2.21. The maximum absolute atomic E-state index is 9.01. The number of nitrogens with zero attached hydrogens (tertiary/aromatic N) is 2. The van der Waals surface area contributed by atoms with Crippen LogP contribution in [0.25, 0.3) is 0 Å². The molecule has 0 amide bonds. The Balaban J connectivity index is 2.96. The Morgan fingerprint density at radius 1 is 1.42 bits per heavy atom. The van der Waals surface area contributed by atoms with Gasteiger partial charge in [-0.25, -0.2) is 9.97 Å². The molecule has 2 radical (unpaired) electrons. The lowest BCUT2D eigenvalue weighted by atomic mass is 9.93. The molecule has 0 bridgehead atoms. The zero-order chi connectivity index (χ0) is 9.19. The van der Waals surface area contributed by atoms with Gasteiger partial charge in [0.25, 0.3) is 0 Å². The van der Waals surface area contributed by atoms with Gasteiger partial charge in [-0.2, -0.15) is 0 Å². The predicted octanol–water partition coefficient (Wildman–Crippen LogP) is -0.460. The molecule has 0 aromatic carbocycles. The van der Waals surface area contributed by atoms with Gasteiger partial charge in [0, 0.05) is 17.8 Å². The van der Waals surface area contributed by atoms with E-state index in [1.165, 1.54) is 0 Å². The molecule has 0 aliphatic rings. The van der Waals surface area contributed by atoms with Crippen LogP contribution >= 0.6 is 0 Å². The summed E-state index contributed by atoms with van der Waals surface area (Å²) >= 11 is 0. The van der Waals surface area contributed by atoms with Crippen LogP contribution in [0.3, 0.4) is 0 Å². The van der Waals surface area contributed by atoms with Gasteiger partial charge < -0.3 is 5.11 Å². The zero-order valence-electron chi connectivity index (χ0n) is 7.28. The van der Waals surface area contributed by atoms with E-state index in [0.29, 0.717) is 11.3 Å². The molecule has 1 heterocycles. The van der Waals surface area contributed by atoms with Gasteiger partial charge in [0.15, 0.2) is 0 Å². The van der Waals surface area contributed by atoms with Gasteiger partial charge in [0.2, 0.25) is 0 Å². The second-order valence-corrected chi connectivity index (χ2v) is 3.38. The molecule has 3 nitrogen and oxygen atoms in total. The Labute approximate surface area is 73.3 Å². The minimum absolute atomic E-state index is 0.0247. The SMILES string of the molecule is [B]c1cnc(C(C)(C)CO)nc1. The molecule has 0 unspecified atom stereocenters. The summed E-state index contributed by atoms with van der Waals surface area (Å²) in [4.78, 5) is 8.05. The number of aromatic nitrogens is 2. The second kappa shape index (κ2) is 3.23. The monoisotopic (exact) mass is 162 g/mol. The highest BCUT2D eigenvalue weighted by atomic mass is 16.3. The molecule has 4 heteroatoms. The summed E-state index contributed by atoms with van der Waals surface area (Å²) in [5.41, 5.74) is 0.140. The first-order chi connectivity index (χ1) is 5.56. The Bertz CT molecular complexity index is 258. The zero-order valence-corrected chi connectivity index (χ0v) is 7.28. The summed E-state index contributed by atoms with van der Waals surface area (Å²) in [6, 6.07) is 0. The third kappa shape index (κ3) is 1.82. The fraction of sp³-hybridized carbons (Fsp3) is 0.500. The van der Waals surface area contributed by atoms with Crippen LogP contribution in [0.1, 0.15) is 19.7 Å². The number of hydrogen-bond acceptors (Lipinski definition) is 3. The summed E-state index contributed by atoms with van der Waals surface area (Å²) in [7, 11) is 5.42. The first-order valence-corrected chi connectivity index (χ1v) is 3.75. The van der Waals surface area contributed by atoms with Gasteiger partial charge in [-0.1, -0.05) is 19.3 Å². The van der Waals surface area contributed by atoms with Crippen LogP contribution in [0.15, 0.2) is 12.4 Å². The first-order valence-electron chi connectivity index (χ1n) is 3.75. The first kappa shape index (κ1) is 9.19. The molecule has 12 heavy (non-hydrogen) atoms. The summed E-state index contributed by atoms with van der Waals surface area (Å²) in [6.45, 7) is 3.77. The third-order valence-corrected chi connectivity index (χ3v) is 1.67. The number of rotatable bonds is 2. The number of aliphatic hydroxyl groups excluding tert-OH is 1. The van der Waals surface area contributed by atoms with Gasteiger partial charge in [-0.15, -0.1) is 0 Å². The van der Waals surface area contributed by atoms with Crippen LogP contribution in [0.5, 0.6) is 0 Å². The van der Waals surface area contributed by atoms with Crippen LogP contribution in [0, 0.1) is 0 Å². The van der Waals surface area contributed by atoms with Crippen molar-refractivity contribution in [2.45, 2.75) is 19.3 Å². The summed E-state index contributed by atoms with van der Waals surface area (Å²) in [6.07, 6.45) is 3.08. The third-order valence-electron chi connectivity index (χ3n) is 1.67. The van der Waals surface area contributed by atoms with Crippen molar-refractivity contribution >= 4 is 13.3 Å². The van der Waals surface area contributed by atoms with Crippen molar-refractivity contribution in [1.29, 1.82) is 0 Å². The van der Waals surface area contributed by atoms with Crippen molar-refractivity contribution in [2.75, 3.05) is 6.61 Å². The molecular weight excluding hydrogens is 151 g/mol.